The fraction of sp³-hybridized carbons (Fsp3) is 0.636. The third-order valence-corrected chi connectivity index (χ3v) is 7.07. The summed E-state index contributed by atoms with van der Waals surface area (Å²) in [5.74, 6) is -0.280. The molecule has 0 aliphatic carbocycles. The van der Waals surface area contributed by atoms with Crippen molar-refractivity contribution in [3.63, 3.8) is 0 Å². The van der Waals surface area contributed by atoms with E-state index in [1.54, 1.807) is 0 Å². The molecule has 0 unspecified atom stereocenters. The lowest BCUT2D eigenvalue weighted by molar-refractivity contribution is -0.128. The zero-order valence-corrected chi connectivity index (χ0v) is 19.2. The van der Waals surface area contributed by atoms with E-state index >= 15 is 0 Å². The Morgan fingerprint density at radius 3 is 2.00 bits per heavy atom. The normalized spacial score (nSPS) is 17.2. The Morgan fingerprint density at radius 2 is 1.55 bits per heavy atom. The Balaban J connectivity index is 1.98. The van der Waals surface area contributed by atoms with Crippen LogP contribution in [0.1, 0.15) is 71.2 Å². The monoisotopic (exact) mass is 422 g/mol. The van der Waals surface area contributed by atoms with Crippen molar-refractivity contribution in [2.75, 3.05) is 13.1 Å². The maximum Gasteiger partial charge on any atom is 0.243 e. The molecule has 2 rings (SSSR count). The van der Waals surface area contributed by atoms with Gasteiger partial charge in [0.2, 0.25) is 15.9 Å². The van der Waals surface area contributed by atoms with Crippen molar-refractivity contribution in [1.29, 1.82) is 0 Å². The maximum atomic E-state index is 12.9. The van der Waals surface area contributed by atoms with Gasteiger partial charge in [0, 0.05) is 30.1 Å². The van der Waals surface area contributed by atoms with Crippen LogP contribution < -0.4 is 5.32 Å². The third kappa shape index (κ3) is 6.37. The molecule has 29 heavy (non-hydrogen) atoms. The van der Waals surface area contributed by atoms with Crippen LogP contribution in [0.4, 0.5) is 0 Å². The highest BCUT2D eigenvalue weighted by Crippen LogP contribution is 2.29. The minimum Gasteiger partial charge on any atom is -0.351 e. The molecule has 1 fully saturated rings. The van der Waals surface area contributed by atoms with Crippen LogP contribution in [0.5, 0.6) is 0 Å². The fourth-order valence-electron chi connectivity index (χ4n) is 4.17. The summed E-state index contributed by atoms with van der Waals surface area (Å²) in [6.07, 6.45) is 1.86. The Morgan fingerprint density at radius 1 is 1.03 bits per heavy atom. The predicted octanol–water partition coefficient (Wildman–Crippen LogP) is 3.62. The lowest BCUT2D eigenvalue weighted by atomic mass is 9.81. The molecule has 0 atom stereocenters. The van der Waals surface area contributed by atoms with Crippen molar-refractivity contribution in [2.45, 2.75) is 71.2 Å². The van der Waals surface area contributed by atoms with Gasteiger partial charge in [0.25, 0.3) is 0 Å². The predicted molar refractivity (Wildman–Crippen MR) is 114 cm³/mol. The van der Waals surface area contributed by atoms with E-state index in [-0.39, 0.29) is 33.5 Å². The van der Waals surface area contributed by atoms with Gasteiger partial charge in [0.1, 0.15) is 0 Å². The quantitative estimate of drug-likeness (QED) is 0.710. The molecule has 7 heteroatoms. The van der Waals surface area contributed by atoms with E-state index in [0.717, 1.165) is 6.42 Å². The van der Waals surface area contributed by atoms with Gasteiger partial charge < -0.3 is 5.32 Å². The van der Waals surface area contributed by atoms with E-state index in [0.29, 0.717) is 31.5 Å². The van der Waals surface area contributed by atoms with Crippen LogP contribution in [0.2, 0.25) is 0 Å². The Labute approximate surface area is 175 Å². The van der Waals surface area contributed by atoms with E-state index in [1.807, 2.05) is 13.8 Å². The number of hydrogen-bond donors (Lipinski definition) is 1. The number of nitrogens with zero attached hydrogens (tertiary/aromatic N) is 1. The standard InChI is InChI=1S/C22H34N2O4S/c1-16(25)17-7-9-19(10-8-17)29(27,28)24-13-11-18(12-14-24)20(26)23-22(5,6)15-21(2,3)4/h7-10,18H,11-15H2,1-6H3,(H,23,26). The number of carbonyl (C=O) groups is 2. The number of rotatable bonds is 6. The zero-order chi connectivity index (χ0) is 22.0. The van der Waals surface area contributed by atoms with E-state index in [1.165, 1.54) is 35.5 Å². The van der Waals surface area contributed by atoms with Crippen LogP contribution in [0.15, 0.2) is 29.2 Å². The average molecular weight is 423 g/mol. The van der Waals surface area contributed by atoms with Crippen molar-refractivity contribution in [3.05, 3.63) is 29.8 Å². The van der Waals surface area contributed by atoms with Crippen LogP contribution in [0.3, 0.4) is 0 Å². The molecule has 0 spiro atoms. The zero-order valence-electron chi connectivity index (χ0n) is 18.4. The van der Waals surface area contributed by atoms with E-state index < -0.39 is 10.0 Å². The first-order valence-corrected chi connectivity index (χ1v) is 11.6. The molecular formula is C22H34N2O4S. The molecule has 0 saturated carbocycles. The van der Waals surface area contributed by atoms with Crippen molar-refractivity contribution in [2.24, 2.45) is 11.3 Å². The fourth-order valence-corrected chi connectivity index (χ4v) is 5.64. The van der Waals surface area contributed by atoms with Gasteiger partial charge in [-0.15, -0.1) is 0 Å². The third-order valence-electron chi connectivity index (χ3n) is 5.16. The molecule has 1 heterocycles. The van der Waals surface area contributed by atoms with Crippen molar-refractivity contribution >= 4 is 21.7 Å². The Hall–Kier alpha value is -1.73. The minimum atomic E-state index is -3.62. The first kappa shape index (κ1) is 23.5. The summed E-state index contributed by atoms with van der Waals surface area (Å²) in [6.45, 7) is 12.6. The van der Waals surface area contributed by atoms with Gasteiger partial charge in [-0.1, -0.05) is 32.9 Å². The summed E-state index contributed by atoms with van der Waals surface area (Å²) in [5, 5.41) is 3.15. The molecule has 1 aromatic rings. The van der Waals surface area contributed by atoms with Crippen molar-refractivity contribution in [1.82, 2.24) is 9.62 Å². The number of piperidine rings is 1. The second-order valence-electron chi connectivity index (χ2n) is 9.87. The molecule has 1 aliphatic rings. The topological polar surface area (TPSA) is 83.6 Å². The summed E-state index contributed by atoms with van der Waals surface area (Å²) >= 11 is 0. The van der Waals surface area contributed by atoms with E-state index in [9.17, 15) is 18.0 Å². The van der Waals surface area contributed by atoms with Crippen LogP contribution in [-0.4, -0.2) is 43.0 Å². The highest BCUT2D eigenvalue weighted by atomic mass is 32.2. The van der Waals surface area contributed by atoms with E-state index in [4.69, 9.17) is 0 Å². The molecule has 1 amide bonds. The average Bonchev–Trinajstić information content (AvgIpc) is 2.59. The van der Waals surface area contributed by atoms with Crippen LogP contribution >= 0.6 is 0 Å². The highest BCUT2D eigenvalue weighted by Gasteiger charge is 2.34. The lowest BCUT2D eigenvalue weighted by Crippen LogP contribution is -2.50. The van der Waals surface area contributed by atoms with Gasteiger partial charge in [0.05, 0.1) is 4.90 Å². The van der Waals surface area contributed by atoms with Gasteiger partial charge in [-0.25, -0.2) is 8.42 Å². The second-order valence-corrected chi connectivity index (χ2v) is 11.8. The molecule has 1 aromatic carbocycles. The summed E-state index contributed by atoms with van der Waals surface area (Å²) in [6, 6.07) is 6.01. The molecular weight excluding hydrogens is 388 g/mol. The first-order valence-electron chi connectivity index (χ1n) is 10.1. The molecule has 1 saturated heterocycles. The van der Waals surface area contributed by atoms with Crippen LogP contribution in [-0.2, 0) is 14.8 Å². The van der Waals surface area contributed by atoms with Crippen LogP contribution in [0.25, 0.3) is 0 Å². The maximum absolute atomic E-state index is 12.9. The summed E-state index contributed by atoms with van der Waals surface area (Å²) in [4.78, 5) is 24.3. The van der Waals surface area contributed by atoms with E-state index in [2.05, 4.69) is 26.1 Å². The van der Waals surface area contributed by atoms with Gasteiger partial charge in [-0.2, -0.15) is 4.31 Å². The number of benzene rings is 1. The number of nitrogens with one attached hydrogen (secondary N) is 1. The SMILES string of the molecule is CC(=O)c1ccc(S(=O)(=O)N2CCC(C(=O)NC(C)(C)CC(C)(C)C)CC2)cc1. The molecule has 6 nitrogen and oxygen atoms in total. The van der Waals surface area contributed by atoms with Crippen LogP contribution in [0, 0.1) is 11.3 Å². The lowest BCUT2D eigenvalue weighted by Gasteiger charge is -2.36. The molecule has 0 aromatic heterocycles. The summed E-state index contributed by atoms with van der Waals surface area (Å²) < 4.78 is 27.2. The summed E-state index contributed by atoms with van der Waals surface area (Å²) in [7, 11) is -3.62. The number of Topliss-reactive ketones (excluding diaryl/α,β-unsaturated/α-hetero) is 1. The molecule has 162 valence electrons. The van der Waals surface area contributed by atoms with Gasteiger partial charge in [-0.3, -0.25) is 9.59 Å². The number of hydrogen-bond acceptors (Lipinski definition) is 4. The molecule has 1 N–H and O–H groups in total. The molecule has 0 bridgehead atoms. The summed E-state index contributed by atoms with van der Waals surface area (Å²) in [5.41, 5.74) is 0.278. The first-order chi connectivity index (χ1) is 13.2. The van der Waals surface area contributed by atoms with Gasteiger partial charge in [0.15, 0.2) is 5.78 Å². The van der Waals surface area contributed by atoms with Crippen molar-refractivity contribution < 1.29 is 18.0 Å². The van der Waals surface area contributed by atoms with Gasteiger partial charge >= 0.3 is 0 Å². The molecule has 0 radical (unpaired) electrons. The Kier molecular flexibility index (Phi) is 6.95. The highest BCUT2D eigenvalue weighted by molar-refractivity contribution is 7.89. The van der Waals surface area contributed by atoms with Crippen molar-refractivity contribution in [3.8, 4) is 0 Å². The number of amides is 1. The largest absolute Gasteiger partial charge is 0.351 e. The molecule has 1 aliphatic heterocycles. The minimum absolute atomic E-state index is 0.00195. The second kappa shape index (κ2) is 8.56. The number of carbonyl (C=O) groups excluding carboxylic acids is 2. The van der Waals surface area contributed by atoms with Gasteiger partial charge in [-0.05, 0) is 57.6 Å². The Bertz CT molecular complexity index is 844. The number of ketones is 1. The smallest absolute Gasteiger partial charge is 0.243 e. The number of sulfonamides is 1.